The van der Waals surface area contributed by atoms with Crippen LogP contribution in [0.4, 0.5) is 0 Å². The number of phenols is 1. The van der Waals surface area contributed by atoms with Gasteiger partial charge in [-0.15, -0.1) is 0 Å². The van der Waals surface area contributed by atoms with Gasteiger partial charge in [-0.3, -0.25) is 14.5 Å². The van der Waals surface area contributed by atoms with Gasteiger partial charge in [-0.05, 0) is 49.8 Å². The molecule has 1 aromatic rings. The summed E-state index contributed by atoms with van der Waals surface area (Å²) in [4.78, 5) is 27.5. The smallest absolute Gasteiger partial charge is 0.233 e. The predicted molar refractivity (Wildman–Crippen MR) is 122 cm³/mol. The molecule has 0 radical (unpaired) electrons. The second kappa shape index (κ2) is 9.59. The van der Waals surface area contributed by atoms with E-state index in [1.807, 2.05) is 31.2 Å². The summed E-state index contributed by atoms with van der Waals surface area (Å²) in [5.41, 5.74) is 4.27. The molecular weight excluding hydrogens is 406 g/mol. The first-order chi connectivity index (χ1) is 15.5. The molecular formula is C26H33NO5. The highest BCUT2D eigenvalue weighted by atomic mass is 16.5. The fraction of sp³-hybridized carbons (Fsp3) is 0.538. The number of imide groups is 1. The first-order valence-corrected chi connectivity index (χ1v) is 11.6. The van der Waals surface area contributed by atoms with E-state index in [1.54, 1.807) is 13.2 Å². The van der Waals surface area contributed by atoms with Gasteiger partial charge in [-0.2, -0.15) is 0 Å². The van der Waals surface area contributed by atoms with Crippen LogP contribution in [-0.4, -0.2) is 54.8 Å². The highest BCUT2D eigenvalue weighted by molar-refractivity contribution is 6.05. The summed E-state index contributed by atoms with van der Waals surface area (Å²) < 4.78 is 11.7. The van der Waals surface area contributed by atoms with E-state index in [0.29, 0.717) is 26.2 Å². The molecule has 0 aromatic heterocycles. The molecule has 0 spiro atoms. The monoisotopic (exact) mass is 439 g/mol. The Kier molecular flexibility index (Phi) is 6.82. The first-order valence-electron chi connectivity index (χ1n) is 11.6. The lowest BCUT2D eigenvalue weighted by molar-refractivity contribution is -0.140. The molecule has 4 rings (SSSR count). The molecule has 2 saturated heterocycles. The Labute approximate surface area is 189 Å². The molecule has 2 amide bonds. The van der Waals surface area contributed by atoms with E-state index in [-0.39, 0.29) is 41.4 Å². The molecule has 172 valence electrons. The molecule has 2 fully saturated rings. The van der Waals surface area contributed by atoms with Crippen molar-refractivity contribution in [3.8, 4) is 5.75 Å². The third-order valence-electron chi connectivity index (χ3n) is 7.00. The lowest BCUT2D eigenvalue weighted by Gasteiger charge is -2.31. The minimum atomic E-state index is -0.299. The molecule has 0 unspecified atom stereocenters. The van der Waals surface area contributed by atoms with E-state index in [9.17, 15) is 14.7 Å². The summed E-state index contributed by atoms with van der Waals surface area (Å²) in [6.45, 7) is 5.49. The molecule has 1 aromatic carbocycles. The number of amides is 2. The van der Waals surface area contributed by atoms with E-state index in [2.05, 4.69) is 6.92 Å². The van der Waals surface area contributed by atoms with E-state index in [1.165, 1.54) is 10.5 Å². The summed E-state index contributed by atoms with van der Waals surface area (Å²) in [6.07, 6.45) is 4.91. The van der Waals surface area contributed by atoms with Gasteiger partial charge in [0.05, 0.1) is 31.2 Å². The van der Waals surface area contributed by atoms with Gasteiger partial charge < -0.3 is 14.6 Å². The summed E-state index contributed by atoms with van der Waals surface area (Å²) in [6, 6.07) is 7.30. The summed E-state index contributed by atoms with van der Waals surface area (Å²) in [7, 11) is 1.67. The highest BCUT2D eigenvalue weighted by Crippen LogP contribution is 2.49. The number of phenolic OH excluding ortho intramolecular Hbond substituents is 1. The quantitative estimate of drug-likeness (QED) is 0.490. The zero-order valence-corrected chi connectivity index (χ0v) is 19.2. The van der Waals surface area contributed by atoms with Crippen molar-refractivity contribution in [2.75, 3.05) is 26.9 Å². The largest absolute Gasteiger partial charge is 0.507 e. The van der Waals surface area contributed by atoms with Crippen LogP contribution in [0.1, 0.15) is 45.1 Å². The maximum atomic E-state index is 13.1. The topological polar surface area (TPSA) is 76.1 Å². The van der Waals surface area contributed by atoms with Gasteiger partial charge in [0.2, 0.25) is 11.8 Å². The van der Waals surface area contributed by atoms with Crippen LogP contribution in [0.25, 0.3) is 6.08 Å². The second-order valence-corrected chi connectivity index (χ2v) is 9.17. The Morgan fingerprint density at radius 3 is 2.75 bits per heavy atom. The standard InChI is InChI=1S/C26H33NO5/c1-4-11-27-25(29)19-13-18(14-31-3)23-20(24(19)26(27)30)15-32-22(23)10-9-16(2)12-17-7-5-6-8-21(17)28/h5-8,12,19-20,22,24,28H,4,9-11,13-15H2,1-3H3/b16-12+/t19-,20+,22-,24-/m1/s1. The van der Waals surface area contributed by atoms with Crippen LogP contribution in [0.2, 0.25) is 0 Å². The first kappa shape index (κ1) is 22.7. The van der Waals surface area contributed by atoms with Gasteiger partial charge in [0.25, 0.3) is 0 Å². The number of nitrogens with zero attached hydrogens (tertiary/aromatic N) is 1. The predicted octanol–water partition coefficient (Wildman–Crippen LogP) is 3.95. The Balaban J connectivity index is 1.53. The zero-order valence-electron chi connectivity index (χ0n) is 19.2. The highest BCUT2D eigenvalue weighted by Gasteiger charge is 2.56. The average molecular weight is 440 g/mol. The van der Waals surface area contributed by atoms with Gasteiger partial charge in [0, 0.05) is 25.1 Å². The molecule has 0 saturated carbocycles. The number of methoxy groups -OCH3 is 1. The maximum absolute atomic E-state index is 13.1. The molecule has 6 nitrogen and oxygen atoms in total. The fourth-order valence-electron chi connectivity index (χ4n) is 5.59. The number of likely N-dealkylation sites (tertiary alicyclic amines) is 1. The third-order valence-corrected chi connectivity index (χ3v) is 7.00. The Morgan fingerprint density at radius 1 is 1.25 bits per heavy atom. The Hall–Kier alpha value is -2.44. The van der Waals surface area contributed by atoms with Crippen molar-refractivity contribution in [2.24, 2.45) is 17.8 Å². The normalized spacial score (nSPS) is 27.8. The van der Waals surface area contributed by atoms with E-state index in [4.69, 9.17) is 9.47 Å². The number of fused-ring (bicyclic) bond motifs is 3. The Morgan fingerprint density at radius 2 is 2.03 bits per heavy atom. The molecule has 3 aliphatic rings. The summed E-state index contributed by atoms with van der Waals surface area (Å²) in [5.74, 6) is -0.399. The van der Waals surface area contributed by atoms with Crippen LogP contribution in [0.3, 0.4) is 0 Å². The van der Waals surface area contributed by atoms with Crippen molar-refractivity contribution in [1.29, 1.82) is 0 Å². The van der Waals surface area contributed by atoms with Crippen LogP contribution in [0.5, 0.6) is 5.75 Å². The molecule has 1 N–H and O–H groups in total. The number of benzene rings is 1. The number of hydrogen-bond acceptors (Lipinski definition) is 5. The fourth-order valence-corrected chi connectivity index (χ4v) is 5.59. The molecule has 2 aliphatic heterocycles. The van der Waals surface area contributed by atoms with Crippen molar-refractivity contribution in [3.63, 3.8) is 0 Å². The number of carbonyl (C=O) groups excluding carboxylic acids is 2. The maximum Gasteiger partial charge on any atom is 0.233 e. The number of rotatable bonds is 8. The molecule has 2 heterocycles. The SMILES string of the molecule is CCCN1C(=O)[C@@H]2[C@@H](CC(COC)=C3[C@@H](CC/C(C)=C/c4ccccc4O)OC[C@@H]32)C1=O. The second-order valence-electron chi connectivity index (χ2n) is 9.17. The number of carbonyl (C=O) groups is 2. The van der Waals surface area contributed by atoms with Crippen molar-refractivity contribution in [2.45, 2.75) is 45.6 Å². The van der Waals surface area contributed by atoms with Crippen molar-refractivity contribution in [3.05, 3.63) is 46.5 Å². The number of ether oxygens (including phenoxy) is 2. The lowest BCUT2D eigenvalue weighted by atomic mass is 9.69. The van der Waals surface area contributed by atoms with Gasteiger partial charge in [0.15, 0.2) is 0 Å². The van der Waals surface area contributed by atoms with Crippen LogP contribution >= 0.6 is 0 Å². The number of hydrogen-bond donors (Lipinski definition) is 1. The van der Waals surface area contributed by atoms with Crippen molar-refractivity contribution >= 4 is 17.9 Å². The minimum absolute atomic E-state index is 0.0271. The minimum Gasteiger partial charge on any atom is -0.507 e. The van der Waals surface area contributed by atoms with Crippen LogP contribution in [-0.2, 0) is 19.1 Å². The van der Waals surface area contributed by atoms with Gasteiger partial charge in [0.1, 0.15) is 5.75 Å². The number of aromatic hydroxyl groups is 1. The Bertz CT molecular complexity index is 949. The van der Waals surface area contributed by atoms with Gasteiger partial charge in [-0.25, -0.2) is 0 Å². The van der Waals surface area contributed by atoms with Crippen LogP contribution in [0.15, 0.2) is 41.0 Å². The number of para-hydroxylation sites is 1. The van der Waals surface area contributed by atoms with Crippen LogP contribution in [0, 0.1) is 17.8 Å². The van der Waals surface area contributed by atoms with Gasteiger partial charge in [-0.1, -0.05) is 36.8 Å². The molecule has 0 bridgehead atoms. The summed E-state index contributed by atoms with van der Waals surface area (Å²) >= 11 is 0. The molecule has 4 atom stereocenters. The van der Waals surface area contributed by atoms with Crippen LogP contribution < -0.4 is 0 Å². The average Bonchev–Trinajstić information content (AvgIpc) is 3.30. The van der Waals surface area contributed by atoms with E-state index in [0.717, 1.165) is 36.0 Å². The third kappa shape index (κ3) is 4.14. The van der Waals surface area contributed by atoms with E-state index >= 15 is 0 Å². The van der Waals surface area contributed by atoms with Crippen molar-refractivity contribution < 1.29 is 24.2 Å². The van der Waals surface area contributed by atoms with E-state index < -0.39 is 0 Å². The zero-order chi connectivity index (χ0) is 22.8. The number of allylic oxidation sites excluding steroid dienone is 1. The summed E-state index contributed by atoms with van der Waals surface area (Å²) in [5, 5.41) is 10.0. The lowest BCUT2D eigenvalue weighted by Crippen LogP contribution is -2.35. The molecule has 1 aliphatic carbocycles. The molecule has 32 heavy (non-hydrogen) atoms. The molecule has 6 heteroatoms. The van der Waals surface area contributed by atoms with Crippen molar-refractivity contribution in [1.82, 2.24) is 4.90 Å². The van der Waals surface area contributed by atoms with Gasteiger partial charge >= 0.3 is 0 Å².